The molecule has 24 heavy (non-hydrogen) atoms. The molecule has 1 aromatic carbocycles. The second-order valence-corrected chi connectivity index (χ2v) is 8.18. The molecule has 0 bridgehead atoms. The van der Waals surface area contributed by atoms with Gasteiger partial charge in [-0.2, -0.15) is 0 Å². The summed E-state index contributed by atoms with van der Waals surface area (Å²) in [6, 6.07) is 11.2. The molecule has 0 saturated heterocycles. The molecule has 0 amide bonds. The van der Waals surface area contributed by atoms with Crippen molar-refractivity contribution < 1.29 is 17.7 Å². The largest absolute Gasteiger partial charge is 0.355 e. The topological polar surface area (TPSA) is 89.3 Å². The fraction of sp³-hybridized carbons (Fsp3) is 0.125. The van der Waals surface area contributed by atoms with Gasteiger partial charge in [0, 0.05) is 17.3 Å². The minimum Gasteiger partial charge on any atom is -0.355 e. The van der Waals surface area contributed by atoms with E-state index in [0.29, 0.717) is 21.9 Å². The van der Waals surface area contributed by atoms with Gasteiger partial charge < -0.3 is 4.52 Å². The first-order chi connectivity index (χ1) is 11.3. The van der Waals surface area contributed by atoms with E-state index >= 15 is 0 Å². The molecule has 0 saturated carbocycles. The van der Waals surface area contributed by atoms with Crippen molar-refractivity contribution in [3.05, 3.63) is 53.7 Å². The van der Waals surface area contributed by atoms with Crippen LogP contribution in [0.15, 0.2) is 51.2 Å². The zero-order valence-electron chi connectivity index (χ0n) is 12.9. The van der Waals surface area contributed by atoms with E-state index in [2.05, 4.69) is 9.88 Å². The highest BCUT2D eigenvalue weighted by Crippen LogP contribution is 2.32. The molecule has 2 aromatic heterocycles. The number of thiophene rings is 1. The summed E-state index contributed by atoms with van der Waals surface area (Å²) in [7, 11) is -3.71. The minimum absolute atomic E-state index is 0.0744. The molecular formula is C16H14N2O4S2. The number of nitrogens with one attached hydrogen (secondary N) is 1. The lowest BCUT2D eigenvalue weighted by atomic mass is 10.1. The first-order valence-corrected chi connectivity index (χ1v) is 9.32. The fourth-order valence-corrected chi connectivity index (χ4v) is 4.37. The maximum absolute atomic E-state index is 12.5. The van der Waals surface area contributed by atoms with Crippen molar-refractivity contribution in [2.75, 3.05) is 4.72 Å². The number of hydrogen-bond acceptors (Lipinski definition) is 6. The molecule has 3 aromatic rings. The second-order valence-electron chi connectivity index (χ2n) is 5.19. The van der Waals surface area contributed by atoms with E-state index < -0.39 is 10.0 Å². The Labute approximate surface area is 143 Å². The molecule has 6 nitrogen and oxygen atoms in total. The molecule has 0 aliphatic heterocycles. The number of nitrogens with zero attached hydrogens (tertiary/aromatic N) is 1. The van der Waals surface area contributed by atoms with Gasteiger partial charge in [-0.15, -0.1) is 11.3 Å². The van der Waals surface area contributed by atoms with Gasteiger partial charge in [-0.25, -0.2) is 8.42 Å². The average molecular weight is 362 g/mol. The second kappa shape index (κ2) is 6.21. The number of rotatable bonds is 5. The maximum atomic E-state index is 12.5. The minimum atomic E-state index is -3.71. The number of sulfonamides is 1. The number of aryl methyl sites for hydroxylation is 1. The molecule has 0 spiro atoms. The van der Waals surface area contributed by atoms with Gasteiger partial charge in [0.25, 0.3) is 10.0 Å². The number of ketones is 1. The predicted molar refractivity (Wildman–Crippen MR) is 91.8 cm³/mol. The third kappa shape index (κ3) is 3.39. The molecule has 0 aliphatic rings. The molecule has 124 valence electrons. The Morgan fingerprint density at radius 2 is 1.88 bits per heavy atom. The number of carbonyl (C=O) groups is 1. The Kier molecular flexibility index (Phi) is 4.25. The van der Waals surface area contributed by atoms with Gasteiger partial charge in [0.15, 0.2) is 11.5 Å². The summed E-state index contributed by atoms with van der Waals surface area (Å²) in [4.78, 5) is 11.9. The van der Waals surface area contributed by atoms with Crippen LogP contribution in [0.3, 0.4) is 0 Å². The molecule has 0 radical (unpaired) electrons. The van der Waals surface area contributed by atoms with Crippen LogP contribution in [-0.2, 0) is 10.0 Å². The van der Waals surface area contributed by atoms with Gasteiger partial charge in [0.2, 0.25) is 0 Å². The van der Waals surface area contributed by atoms with Gasteiger partial charge in [-0.05, 0) is 50.2 Å². The molecule has 2 heterocycles. The van der Waals surface area contributed by atoms with E-state index in [9.17, 15) is 13.2 Å². The van der Waals surface area contributed by atoms with Crippen LogP contribution in [0.4, 0.5) is 5.69 Å². The van der Waals surface area contributed by atoms with Crippen LogP contribution in [0.25, 0.3) is 10.6 Å². The third-order valence-corrected chi connectivity index (χ3v) is 6.23. The standard InChI is InChI=1S/C16H14N2O4S2/c1-10-9-14(22-17-10)15-7-8-16(23-15)24(20,21)18-13-5-3-12(4-6-13)11(2)19/h3-9,18H,1-2H3. The number of Topliss-reactive ketones (excluding diaryl/α,β-unsaturated/α-hetero) is 1. The Bertz CT molecular complexity index is 985. The molecule has 1 N–H and O–H groups in total. The van der Waals surface area contributed by atoms with Crippen molar-refractivity contribution in [1.82, 2.24) is 5.16 Å². The van der Waals surface area contributed by atoms with Crippen molar-refractivity contribution in [3.8, 4) is 10.6 Å². The number of carbonyl (C=O) groups excluding carboxylic acids is 1. The van der Waals surface area contributed by atoms with Gasteiger partial charge >= 0.3 is 0 Å². The predicted octanol–water partition coefficient (Wildman–Crippen LogP) is 3.71. The molecule has 8 heteroatoms. The van der Waals surface area contributed by atoms with Gasteiger partial charge in [0.05, 0.1) is 10.6 Å². The van der Waals surface area contributed by atoms with Crippen molar-refractivity contribution in [2.24, 2.45) is 0 Å². The van der Waals surface area contributed by atoms with E-state index in [-0.39, 0.29) is 9.99 Å². The lowest BCUT2D eigenvalue weighted by Gasteiger charge is -2.06. The van der Waals surface area contributed by atoms with Gasteiger partial charge in [0.1, 0.15) is 4.21 Å². The molecule has 3 rings (SSSR count). The summed E-state index contributed by atoms with van der Waals surface area (Å²) >= 11 is 1.10. The van der Waals surface area contributed by atoms with Crippen LogP contribution in [0.2, 0.25) is 0 Å². The van der Waals surface area contributed by atoms with E-state index in [1.807, 2.05) is 0 Å². The van der Waals surface area contributed by atoms with Crippen molar-refractivity contribution >= 4 is 32.8 Å². The smallest absolute Gasteiger partial charge is 0.271 e. The van der Waals surface area contributed by atoms with E-state index in [1.54, 1.807) is 43.3 Å². The number of hydrogen-bond donors (Lipinski definition) is 1. The van der Waals surface area contributed by atoms with Crippen molar-refractivity contribution in [2.45, 2.75) is 18.1 Å². The molecule has 0 atom stereocenters. The summed E-state index contributed by atoms with van der Waals surface area (Å²) in [5.41, 5.74) is 1.65. The summed E-state index contributed by atoms with van der Waals surface area (Å²) in [5, 5.41) is 3.79. The highest BCUT2D eigenvalue weighted by atomic mass is 32.2. The highest BCUT2D eigenvalue weighted by Gasteiger charge is 2.19. The van der Waals surface area contributed by atoms with Crippen LogP contribution >= 0.6 is 11.3 Å². The number of aromatic nitrogens is 1. The van der Waals surface area contributed by atoms with Gasteiger partial charge in [-0.3, -0.25) is 9.52 Å². The van der Waals surface area contributed by atoms with E-state index in [4.69, 9.17) is 4.52 Å². The van der Waals surface area contributed by atoms with Crippen molar-refractivity contribution in [3.63, 3.8) is 0 Å². The lowest BCUT2D eigenvalue weighted by molar-refractivity contribution is 0.101. The quantitative estimate of drug-likeness (QED) is 0.699. The zero-order chi connectivity index (χ0) is 17.3. The van der Waals surface area contributed by atoms with Crippen LogP contribution < -0.4 is 4.72 Å². The van der Waals surface area contributed by atoms with Crippen molar-refractivity contribution in [1.29, 1.82) is 0 Å². The summed E-state index contributed by atoms with van der Waals surface area (Å²) in [5.74, 6) is 0.458. The van der Waals surface area contributed by atoms with E-state index in [1.165, 1.54) is 13.0 Å². The first-order valence-electron chi connectivity index (χ1n) is 7.02. The Morgan fingerprint density at radius 3 is 2.46 bits per heavy atom. The van der Waals surface area contributed by atoms with Crippen LogP contribution in [0.5, 0.6) is 0 Å². The monoisotopic (exact) mass is 362 g/mol. The molecule has 0 fully saturated rings. The Balaban J connectivity index is 1.83. The first kappa shape index (κ1) is 16.4. The Morgan fingerprint density at radius 1 is 1.17 bits per heavy atom. The van der Waals surface area contributed by atoms with Gasteiger partial charge in [-0.1, -0.05) is 5.16 Å². The molecule has 0 unspecified atom stereocenters. The number of anilines is 1. The molecular weight excluding hydrogens is 348 g/mol. The third-order valence-electron chi connectivity index (χ3n) is 3.26. The Hall–Kier alpha value is -2.45. The van der Waals surface area contributed by atoms with Crippen LogP contribution in [0, 0.1) is 6.92 Å². The fourth-order valence-electron chi connectivity index (χ4n) is 2.06. The number of benzene rings is 1. The normalized spacial score (nSPS) is 11.4. The molecule has 0 aliphatic carbocycles. The summed E-state index contributed by atoms with van der Waals surface area (Å²) in [6.07, 6.45) is 0. The highest BCUT2D eigenvalue weighted by molar-refractivity contribution is 7.94. The summed E-state index contributed by atoms with van der Waals surface area (Å²) in [6.45, 7) is 3.25. The maximum Gasteiger partial charge on any atom is 0.271 e. The SMILES string of the molecule is CC(=O)c1ccc(NS(=O)(=O)c2ccc(-c3cc(C)no3)s2)cc1. The van der Waals surface area contributed by atoms with Crippen LogP contribution in [0.1, 0.15) is 23.0 Å². The summed E-state index contributed by atoms with van der Waals surface area (Å²) < 4.78 is 32.7. The lowest BCUT2D eigenvalue weighted by Crippen LogP contribution is -2.11. The zero-order valence-corrected chi connectivity index (χ0v) is 14.6. The van der Waals surface area contributed by atoms with Crippen LogP contribution in [-0.4, -0.2) is 19.4 Å². The van der Waals surface area contributed by atoms with E-state index in [0.717, 1.165) is 17.0 Å². The average Bonchev–Trinajstić information content (AvgIpc) is 3.16.